The molecule has 0 unspecified atom stereocenters. The molecule has 308 valence electrons. The zero-order valence-electron chi connectivity index (χ0n) is 32.9. The lowest BCUT2D eigenvalue weighted by Gasteiger charge is -2.01. The molecule has 4 aromatic rings. The fourth-order valence-electron chi connectivity index (χ4n) is 3.74. The van der Waals surface area contributed by atoms with E-state index in [0.29, 0.717) is 42.8 Å². The molecule has 55 heavy (non-hydrogen) atoms. The summed E-state index contributed by atoms with van der Waals surface area (Å²) in [5.74, 6) is 3.83. The lowest BCUT2D eigenvalue weighted by Crippen LogP contribution is -2.13. The lowest BCUT2D eigenvalue weighted by atomic mass is 10.4. The summed E-state index contributed by atoms with van der Waals surface area (Å²) >= 11 is 0. The second-order valence-electron chi connectivity index (χ2n) is 10.5. The number of hydrogen-bond donors (Lipinski definition) is 5. The van der Waals surface area contributed by atoms with Crippen LogP contribution in [0.4, 0.5) is 17.5 Å². The van der Waals surface area contributed by atoms with Crippen molar-refractivity contribution in [2.24, 2.45) is 34.0 Å². The van der Waals surface area contributed by atoms with Crippen molar-refractivity contribution in [1.82, 2.24) is 44.5 Å². The fourth-order valence-corrected chi connectivity index (χ4v) is 4.31. The number of nitrogens with two attached hydrogens (primary N) is 3. The molecule has 0 aromatic carbocycles. The second kappa shape index (κ2) is 24.3. The van der Waals surface area contributed by atoms with Crippen molar-refractivity contribution in [1.29, 1.82) is 0 Å². The summed E-state index contributed by atoms with van der Waals surface area (Å²) in [6, 6.07) is 5.99. The molecular weight excluding hydrogens is 746 g/mol. The van der Waals surface area contributed by atoms with Gasteiger partial charge in [0.2, 0.25) is 10.0 Å². The Bertz CT molecular complexity index is 1850. The van der Waals surface area contributed by atoms with Gasteiger partial charge >= 0.3 is 23.9 Å². The summed E-state index contributed by atoms with van der Waals surface area (Å²) < 4.78 is 48.9. The molecule has 0 radical (unpaired) electrons. The van der Waals surface area contributed by atoms with Crippen LogP contribution in [0.1, 0.15) is 75.3 Å². The van der Waals surface area contributed by atoms with Crippen molar-refractivity contribution in [3.63, 3.8) is 0 Å². The number of esters is 4. The SMILES string of the molecule is CCOC(=O)c1cc(C)nn1C.CCOC(=O)c1cc(N)n(C)n1.CCOC(=O)c1cc(N)nn1C.CCOC(=O)c1cc(NS(C)(=O)=O)n(C)n1.CNN. The maximum Gasteiger partial charge on any atom is 0.358 e. The molecule has 0 atom stereocenters. The van der Waals surface area contributed by atoms with Gasteiger partial charge in [-0.25, -0.2) is 27.6 Å². The van der Waals surface area contributed by atoms with Crippen molar-refractivity contribution in [2.45, 2.75) is 34.6 Å². The van der Waals surface area contributed by atoms with E-state index in [9.17, 15) is 27.6 Å². The average molecular weight is 800 g/mol. The van der Waals surface area contributed by atoms with Gasteiger partial charge in [0.15, 0.2) is 11.4 Å². The highest BCUT2D eigenvalue weighted by Crippen LogP contribution is 2.11. The highest BCUT2D eigenvalue weighted by atomic mass is 32.2. The molecule has 0 fully saturated rings. The van der Waals surface area contributed by atoms with E-state index in [1.54, 1.807) is 62.0 Å². The van der Waals surface area contributed by atoms with E-state index in [-0.39, 0.29) is 29.8 Å². The van der Waals surface area contributed by atoms with Gasteiger partial charge in [-0.2, -0.15) is 20.4 Å². The number of anilines is 3. The largest absolute Gasteiger partial charge is 0.461 e. The minimum absolute atomic E-state index is 0.0653. The Labute approximate surface area is 319 Å². The summed E-state index contributed by atoms with van der Waals surface area (Å²) in [7, 11) is 4.82. The third kappa shape index (κ3) is 18.0. The molecule has 0 saturated carbocycles. The predicted octanol–water partition coefficient (Wildman–Crippen LogP) is 0.311. The third-order valence-electron chi connectivity index (χ3n) is 5.92. The topological polar surface area (TPSA) is 313 Å². The van der Waals surface area contributed by atoms with Gasteiger partial charge in [-0.15, -0.1) is 0 Å². The van der Waals surface area contributed by atoms with Gasteiger partial charge in [-0.1, -0.05) is 0 Å². The predicted molar refractivity (Wildman–Crippen MR) is 202 cm³/mol. The third-order valence-corrected chi connectivity index (χ3v) is 6.50. The van der Waals surface area contributed by atoms with Crippen LogP contribution in [0.2, 0.25) is 0 Å². The molecule has 0 saturated heterocycles. The number of carbonyl (C=O) groups excluding carboxylic acids is 4. The number of nitrogens with zero attached hydrogens (tertiary/aromatic N) is 8. The molecule has 8 N–H and O–H groups in total. The number of hydrogen-bond acceptors (Lipinski definition) is 18. The Morgan fingerprint density at radius 1 is 0.655 bits per heavy atom. The van der Waals surface area contributed by atoms with E-state index >= 15 is 0 Å². The average Bonchev–Trinajstić information content (AvgIpc) is 3.83. The number of carbonyl (C=O) groups is 4. The number of aromatic nitrogens is 8. The van der Waals surface area contributed by atoms with Gasteiger partial charge in [0.25, 0.3) is 0 Å². The van der Waals surface area contributed by atoms with Crippen molar-refractivity contribution in [3.05, 3.63) is 52.7 Å². The van der Waals surface area contributed by atoms with Gasteiger partial charge in [0.05, 0.1) is 38.4 Å². The van der Waals surface area contributed by atoms with Crippen molar-refractivity contribution in [3.8, 4) is 0 Å². The van der Waals surface area contributed by atoms with Crippen LogP contribution in [-0.2, 0) is 57.2 Å². The smallest absolute Gasteiger partial charge is 0.358 e. The van der Waals surface area contributed by atoms with E-state index in [0.717, 1.165) is 11.9 Å². The number of hydrazine groups is 1. The molecule has 0 aliphatic heterocycles. The maximum absolute atomic E-state index is 11.3. The standard InChI is InChI=1S/C8H13N3O4S.C8H12N2O2.2C7H11N3O2.CH6N2/c1-4-15-8(12)6-5-7(11(2)9-6)10-16(3,13)14;1-4-12-8(11)7-5-6(2)9-10(7)3;1-3-12-7(11)5-4-6(8)9-10(5)2;1-3-12-7(11)5-4-6(8)10(2)9-5;1-3-2/h5,10H,4H2,1-3H3;5H,4H2,1-3H3;4H,3H2,1-2H3,(H2,8,9);4H,3,8H2,1-2H3;3H,2H2,1H3. The summed E-state index contributed by atoms with van der Waals surface area (Å²) in [5, 5.41) is 15.5. The molecule has 0 spiro atoms. The van der Waals surface area contributed by atoms with Crippen LogP contribution < -0.4 is 27.5 Å². The van der Waals surface area contributed by atoms with Crippen LogP contribution in [-0.4, -0.2) is 111 Å². The molecule has 0 amide bonds. The van der Waals surface area contributed by atoms with Crippen LogP contribution in [0, 0.1) is 6.92 Å². The summed E-state index contributed by atoms with van der Waals surface area (Å²) in [6.07, 6.45) is 1.02. The highest BCUT2D eigenvalue weighted by molar-refractivity contribution is 7.92. The molecule has 4 heterocycles. The van der Waals surface area contributed by atoms with Crippen molar-refractivity contribution < 1.29 is 46.5 Å². The van der Waals surface area contributed by atoms with E-state index in [2.05, 4.69) is 36.4 Å². The van der Waals surface area contributed by atoms with E-state index in [4.69, 9.17) is 30.4 Å². The zero-order valence-corrected chi connectivity index (χ0v) is 33.8. The van der Waals surface area contributed by atoms with Crippen molar-refractivity contribution in [2.75, 3.05) is 55.9 Å². The Morgan fingerprint density at radius 2 is 1.05 bits per heavy atom. The van der Waals surface area contributed by atoms with Crippen LogP contribution in [0.15, 0.2) is 24.3 Å². The van der Waals surface area contributed by atoms with Crippen LogP contribution >= 0.6 is 0 Å². The Morgan fingerprint density at radius 3 is 1.40 bits per heavy atom. The normalized spacial score (nSPS) is 10.0. The van der Waals surface area contributed by atoms with Crippen LogP contribution in [0.25, 0.3) is 0 Å². The number of aryl methyl sites for hydroxylation is 5. The molecular formula is C31H53N13O10S. The number of nitrogens with one attached hydrogen (secondary N) is 2. The fraction of sp³-hybridized carbons (Fsp3) is 0.484. The quantitative estimate of drug-likeness (QED) is 0.0624. The Balaban J connectivity index is 0.000000694. The van der Waals surface area contributed by atoms with Gasteiger partial charge in [0.1, 0.15) is 28.8 Å². The molecule has 0 bridgehead atoms. The first-order valence-corrected chi connectivity index (χ1v) is 18.3. The minimum atomic E-state index is -3.39. The second-order valence-corrected chi connectivity index (χ2v) is 12.3. The van der Waals surface area contributed by atoms with Gasteiger partial charge in [-0.05, 0) is 47.7 Å². The van der Waals surface area contributed by atoms with Crippen LogP contribution in [0.3, 0.4) is 0 Å². The van der Waals surface area contributed by atoms with Gasteiger partial charge in [-0.3, -0.25) is 34.7 Å². The maximum atomic E-state index is 11.3. The number of ether oxygens (including phenoxy) is 4. The Kier molecular flexibility index (Phi) is 21.7. The van der Waals surface area contributed by atoms with Gasteiger partial charge in [0, 0.05) is 46.4 Å². The number of rotatable bonds is 10. The Hall–Kier alpha value is -6.01. The molecule has 0 aliphatic rings. The number of nitrogen functional groups attached to an aromatic ring is 2. The van der Waals surface area contributed by atoms with Crippen molar-refractivity contribution >= 4 is 51.4 Å². The highest BCUT2D eigenvalue weighted by Gasteiger charge is 2.16. The lowest BCUT2D eigenvalue weighted by molar-refractivity contribution is 0.0504. The first-order chi connectivity index (χ1) is 25.7. The molecule has 24 heteroatoms. The zero-order chi connectivity index (χ0) is 42.5. The number of sulfonamides is 1. The molecule has 23 nitrogen and oxygen atoms in total. The monoisotopic (exact) mass is 799 g/mol. The van der Waals surface area contributed by atoms with E-state index in [1.807, 2.05) is 6.92 Å². The first-order valence-electron chi connectivity index (χ1n) is 16.4. The summed E-state index contributed by atoms with van der Waals surface area (Å²) in [5.41, 5.74) is 15.1. The van der Waals surface area contributed by atoms with Gasteiger partial charge < -0.3 is 30.4 Å². The molecule has 0 aliphatic carbocycles. The van der Waals surface area contributed by atoms with E-state index in [1.165, 1.54) is 44.0 Å². The molecule has 4 aromatic heterocycles. The first kappa shape index (κ1) is 49.0. The summed E-state index contributed by atoms with van der Waals surface area (Å²) in [4.78, 5) is 44.7. The summed E-state index contributed by atoms with van der Waals surface area (Å²) in [6.45, 7) is 10.1. The van der Waals surface area contributed by atoms with E-state index < -0.39 is 27.9 Å². The minimum Gasteiger partial charge on any atom is -0.461 e. The molecule has 4 rings (SSSR count). The van der Waals surface area contributed by atoms with Crippen LogP contribution in [0.5, 0.6) is 0 Å².